The lowest BCUT2D eigenvalue weighted by Gasteiger charge is -2.36. The van der Waals surface area contributed by atoms with Gasteiger partial charge in [-0.25, -0.2) is 9.48 Å². The number of aryl methyl sites for hydroxylation is 1. The Kier molecular flexibility index (Phi) is 9.98. The van der Waals surface area contributed by atoms with E-state index in [-0.39, 0.29) is 25.4 Å². The van der Waals surface area contributed by atoms with E-state index in [1.54, 1.807) is 16.4 Å². The number of rotatable bonds is 11. The number of carbonyl (C=O) groups is 1. The Balaban J connectivity index is 1.29. The summed E-state index contributed by atoms with van der Waals surface area (Å²) in [5.41, 5.74) is 5.81. The predicted octanol–water partition coefficient (Wildman–Crippen LogP) is 5.12. The maximum Gasteiger partial charge on any atom is 0.407 e. The van der Waals surface area contributed by atoms with Crippen LogP contribution >= 0.6 is 11.8 Å². The lowest BCUT2D eigenvalue weighted by atomic mass is 9.99. The Bertz CT molecular complexity index is 1480. The maximum absolute atomic E-state index is 11.8. The van der Waals surface area contributed by atoms with E-state index in [1.165, 1.54) is 6.08 Å². The van der Waals surface area contributed by atoms with E-state index in [2.05, 4.69) is 27.4 Å². The lowest BCUT2D eigenvalue weighted by Crippen LogP contribution is -2.31. The van der Waals surface area contributed by atoms with E-state index < -0.39 is 12.4 Å². The Labute approximate surface area is 248 Å². The van der Waals surface area contributed by atoms with Gasteiger partial charge in [0.25, 0.3) is 0 Å². The molecule has 3 atom stereocenters. The third-order valence-electron chi connectivity index (χ3n) is 6.81. The van der Waals surface area contributed by atoms with E-state index in [4.69, 9.17) is 14.2 Å². The topological polar surface area (TPSA) is 121 Å². The molecule has 218 valence electrons. The molecule has 1 fully saturated rings. The molecule has 0 bridgehead atoms. The van der Waals surface area contributed by atoms with Crippen LogP contribution in [-0.4, -0.2) is 49.9 Å². The Morgan fingerprint density at radius 2 is 1.88 bits per heavy atom. The highest BCUT2D eigenvalue weighted by atomic mass is 32.2. The number of alkyl carbamates (subject to hydrolysis) is 1. The fourth-order valence-electron chi connectivity index (χ4n) is 4.59. The highest BCUT2D eigenvalue weighted by Crippen LogP contribution is 2.39. The number of thioether (sulfide) groups is 1. The number of amides is 1. The fraction of sp³-hybridized carbons (Fsp3) is 0.290. The smallest absolute Gasteiger partial charge is 0.407 e. The van der Waals surface area contributed by atoms with Crippen LogP contribution in [0.15, 0.2) is 90.6 Å². The average molecular weight is 588 g/mol. The second-order valence-corrected chi connectivity index (χ2v) is 10.8. The number of aliphatic hydroxyl groups is 1. The van der Waals surface area contributed by atoms with Crippen LogP contribution in [-0.2, 0) is 34.4 Å². The number of tetrazole rings is 1. The quantitative estimate of drug-likeness (QED) is 0.182. The molecule has 0 spiro atoms. The lowest BCUT2D eigenvalue weighted by molar-refractivity contribution is -0.245. The molecule has 1 saturated heterocycles. The van der Waals surface area contributed by atoms with Gasteiger partial charge >= 0.3 is 6.09 Å². The molecule has 10 nitrogen and oxygen atoms in total. The van der Waals surface area contributed by atoms with Gasteiger partial charge in [0.05, 0.1) is 18.8 Å². The van der Waals surface area contributed by atoms with E-state index in [1.807, 2.05) is 79.8 Å². The molecule has 5 rings (SSSR count). The van der Waals surface area contributed by atoms with E-state index >= 15 is 0 Å². The number of ether oxygens (including phenoxy) is 3. The highest BCUT2D eigenvalue weighted by molar-refractivity contribution is 7.99. The zero-order valence-corrected chi connectivity index (χ0v) is 24.1. The van der Waals surface area contributed by atoms with Crippen molar-refractivity contribution < 1.29 is 24.1 Å². The van der Waals surface area contributed by atoms with Crippen molar-refractivity contribution in [2.45, 2.75) is 43.2 Å². The molecule has 1 aliphatic rings. The summed E-state index contributed by atoms with van der Waals surface area (Å²) >= 11 is 1.55. The number of nitrogens with one attached hydrogen (secondary N) is 1. The third kappa shape index (κ3) is 7.62. The Morgan fingerprint density at radius 3 is 2.60 bits per heavy atom. The van der Waals surface area contributed by atoms with Crippen molar-refractivity contribution in [2.75, 3.05) is 12.4 Å². The van der Waals surface area contributed by atoms with Crippen molar-refractivity contribution in [1.82, 2.24) is 25.5 Å². The Hall–Kier alpha value is -4.03. The van der Waals surface area contributed by atoms with Crippen LogP contribution in [0.25, 0.3) is 11.1 Å². The number of carbonyl (C=O) groups excluding carboxylic acids is 1. The first-order valence-corrected chi connectivity index (χ1v) is 14.6. The van der Waals surface area contributed by atoms with Crippen molar-refractivity contribution >= 4 is 17.9 Å². The average Bonchev–Trinajstić information content (AvgIpc) is 3.46. The summed E-state index contributed by atoms with van der Waals surface area (Å²) in [4.78, 5) is 11.8. The summed E-state index contributed by atoms with van der Waals surface area (Å²) in [5, 5.41) is 24.6. The molecule has 0 saturated carbocycles. The van der Waals surface area contributed by atoms with Gasteiger partial charge in [-0.3, -0.25) is 0 Å². The number of aliphatic hydroxyl groups excluding tert-OH is 1. The van der Waals surface area contributed by atoms with Crippen molar-refractivity contribution in [3.63, 3.8) is 0 Å². The summed E-state index contributed by atoms with van der Waals surface area (Å²) in [6.45, 7) is 4.07. The number of benzene rings is 3. The van der Waals surface area contributed by atoms with E-state index in [0.717, 1.165) is 38.5 Å². The van der Waals surface area contributed by atoms with Crippen LogP contribution < -0.4 is 5.32 Å². The molecule has 1 aliphatic heterocycles. The van der Waals surface area contributed by atoms with Crippen LogP contribution in [0.4, 0.5) is 4.79 Å². The standard InChI is InChI=1S/C31H33N5O5S/c1-3-15-39-31(38)32-18-22-5-4-6-26(16-22)23-11-13-25(14-12-23)29-40-27(20-42-30-33-34-35-36(30)2)17-28(41-29)24-9-7-21(19-37)8-10-24/h3-14,16,27-29,37H,1,15,17-20H2,2H3,(H,32,38). The van der Waals surface area contributed by atoms with Gasteiger partial charge in [0.15, 0.2) is 6.29 Å². The summed E-state index contributed by atoms with van der Waals surface area (Å²) in [6.07, 6.45) is 0.879. The largest absolute Gasteiger partial charge is 0.445 e. The molecule has 42 heavy (non-hydrogen) atoms. The number of nitrogens with zero attached hydrogens (tertiary/aromatic N) is 4. The van der Waals surface area contributed by atoms with Gasteiger partial charge in [-0.1, -0.05) is 91.1 Å². The summed E-state index contributed by atoms with van der Waals surface area (Å²) < 4.78 is 19.5. The van der Waals surface area contributed by atoms with Gasteiger partial charge in [0.2, 0.25) is 5.16 Å². The molecule has 1 aromatic heterocycles. The van der Waals surface area contributed by atoms with Gasteiger partial charge in [0, 0.05) is 31.3 Å². The summed E-state index contributed by atoms with van der Waals surface area (Å²) in [6, 6.07) is 23.9. The first-order chi connectivity index (χ1) is 20.5. The van der Waals surface area contributed by atoms with Crippen LogP contribution in [0.2, 0.25) is 0 Å². The van der Waals surface area contributed by atoms with Crippen LogP contribution in [0.5, 0.6) is 0 Å². The number of hydrogen-bond acceptors (Lipinski definition) is 9. The predicted molar refractivity (Wildman–Crippen MR) is 158 cm³/mol. The molecule has 4 aromatic rings. The number of aromatic nitrogens is 4. The third-order valence-corrected chi connectivity index (χ3v) is 7.95. The van der Waals surface area contributed by atoms with Crippen LogP contribution in [0.3, 0.4) is 0 Å². The molecule has 2 heterocycles. The van der Waals surface area contributed by atoms with Crippen LogP contribution in [0.1, 0.15) is 41.1 Å². The molecule has 3 aromatic carbocycles. The van der Waals surface area contributed by atoms with Gasteiger partial charge in [0.1, 0.15) is 6.61 Å². The van der Waals surface area contributed by atoms with Crippen molar-refractivity contribution in [1.29, 1.82) is 0 Å². The first-order valence-electron chi connectivity index (χ1n) is 13.6. The van der Waals surface area contributed by atoms with Crippen LogP contribution in [0, 0.1) is 0 Å². The van der Waals surface area contributed by atoms with Gasteiger partial charge in [-0.2, -0.15) is 0 Å². The molecule has 0 aliphatic carbocycles. The van der Waals surface area contributed by atoms with Crippen molar-refractivity contribution in [3.8, 4) is 11.1 Å². The minimum atomic E-state index is -0.560. The fourth-order valence-corrected chi connectivity index (χ4v) is 5.45. The first kappa shape index (κ1) is 29.5. The molecule has 1 amide bonds. The minimum Gasteiger partial charge on any atom is -0.445 e. The molecule has 3 unspecified atom stereocenters. The van der Waals surface area contributed by atoms with Gasteiger partial charge < -0.3 is 24.6 Å². The maximum atomic E-state index is 11.8. The molecule has 11 heteroatoms. The van der Waals surface area contributed by atoms with E-state index in [9.17, 15) is 9.90 Å². The number of hydrogen-bond donors (Lipinski definition) is 2. The molecule has 0 radical (unpaired) electrons. The summed E-state index contributed by atoms with van der Waals surface area (Å²) in [7, 11) is 1.81. The highest BCUT2D eigenvalue weighted by Gasteiger charge is 2.32. The van der Waals surface area contributed by atoms with E-state index in [0.29, 0.717) is 18.7 Å². The Morgan fingerprint density at radius 1 is 1.10 bits per heavy atom. The normalized spacial score (nSPS) is 18.4. The zero-order chi connectivity index (χ0) is 29.3. The minimum absolute atomic E-state index is 0.00339. The monoisotopic (exact) mass is 587 g/mol. The second kappa shape index (κ2) is 14.2. The van der Waals surface area contributed by atoms with Crippen molar-refractivity contribution in [3.05, 3.63) is 108 Å². The van der Waals surface area contributed by atoms with Crippen molar-refractivity contribution in [2.24, 2.45) is 7.05 Å². The van der Waals surface area contributed by atoms with Gasteiger partial charge in [-0.15, -0.1) is 5.10 Å². The van der Waals surface area contributed by atoms with Gasteiger partial charge in [-0.05, 0) is 44.3 Å². The SMILES string of the molecule is C=CCOC(=O)NCc1cccc(-c2ccc(C3OC(CSc4nnnn4C)CC(c4ccc(CO)cc4)O3)cc2)c1. The summed E-state index contributed by atoms with van der Waals surface area (Å²) in [5.74, 6) is 0.666. The molecule has 2 N–H and O–H groups in total. The zero-order valence-electron chi connectivity index (χ0n) is 23.3. The molecular weight excluding hydrogens is 554 g/mol. The molecular formula is C31H33N5O5S. The second-order valence-electron chi connectivity index (χ2n) is 9.81.